The molecule has 31 heavy (non-hydrogen) atoms. The molecule has 0 bridgehead atoms. The van der Waals surface area contributed by atoms with Crippen molar-refractivity contribution < 1.29 is 4.79 Å². The van der Waals surface area contributed by atoms with E-state index in [0.717, 1.165) is 29.4 Å². The van der Waals surface area contributed by atoms with Crippen LogP contribution in [-0.4, -0.2) is 37.5 Å². The van der Waals surface area contributed by atoms with Crippen molar-refractivity contribution in [3.63, 3.8) is 0 Å². The summed E-state index contributed by atoms with van der Waals surface area (Å²) < 4.78 is 2.08. The number of carbonyl (C=O) groups excluding carboxylic acids is 1. The molecule has 2 aromatic heterocycles. The Morgan fingerprint density at radius 2 is 1.68 bits per heavy atom. The van der Waals surface area contributed by atoms with Crippen molar-refractivity contribution in [2.24, 2.45) is 0 Å². The zero-order chi connectivity index (χ0) is 21.3. The van der Waals surface area contributed by atoms with E-state index < -0.39 is 0 Å². The molecule has 0 aliphatic heterocycles. The highest BCUT2D eigenvalue weighted by Gasteiger charge is 2.18. The van der Waals surface area contributed by atoms with Gasteiger partial charge in [-0.25, -0.2) is 0 Å². The number of aromatic nitrogens is 4. The largest absolute Gasteiger partial charge is 0.353 e. The fourth-order valence-corrected chi connectivity index (χ4v) is 4.77. The monoisotopic (exact) mass is 435 g/mol. The Morgan fingerprint density at radius 1 is 0.968 bits per heavy atom. The lowest BCUT2D eigenvalue weighted by atomic mass is 9.97. The average Bonchev–Trinajstić information content (AvgIpc) is 3.18. The molecule has 1 fully saturated rings. The highest BCUT2D eigenvalue weighted by Crippen LogP contribution is 2.25. The van der Waals surface area contributed by atoms with Crippen LogP contribution < -0.4 is 5.32 Å². The molecule has 1 saturated carbocycles. The molecule has 1 aliphatic rings. The minimum atomic E-state index is 0.0790. The number of amides is 1. The number of rotatable bonds is 7. The number of nitrogens with zero attached hydrogens (tertiary/aromatic N) is 4. The number of carbonyl (C=O) groups is 1. The van der Waals surface area contributed by atoms with Crippen LogP contribution >= 0.6 is 11.8 Å². The van der Waals surface area contributed by atoms with Crippen molar-refractivity contribution in [3.05, 3.63) is 60.4 Å². The average molecular weight is 436 g/mol. The van der Waals surface area contributed by atoms with Crippen LogP contribution in [0.1, 0.15) is 50.5 Å². The zero-order valence-electron chi connectivity index (χ0n) is 17.7. The number of benzene rings is 1. The molecule has 0 saturated heterocycles. The van der Waals surface area contributed by atoms with Crippen molar-refractivity contribution in [1.29, 1.82) is 0 Å². The molecule has 1 N–H and O–H groups in total. The predicted molar refractivity (Wildman–Crippen MR) is 124 cm³/mol. The SMILES string of the molecule is O=C(CSc1nnc(-c2ccncc2)n1Cc1ccccc1)NC1CCCCCCC1. The van der Waals surface area contributed by atoms with Gasteiger partial charge < -0.3 is 5.32 Å². The molecule has 4 rings (SSSR count). The first-order valence-electron chi connectivity index (χ1n) is 11.1. The molecule has 7 heteroatoms. The van der Waals surface area contributed by atoms with E-state index in [9.17, 15) is 4.79 Å². The Balaban J connectivity index is 1.45. The fraction of sp³-hybridized carbons (Fsp3) is 0.417. The molecule has 6 nitrogen and oxygen atoms in total. The predicted octanol–water partition coefficient (Wildman–Crippen LogP) is 4.71. The van der Waals surface area contributed by atoms with Crippen LogP contribution in [0.5, 0.6) is 0 Å². The van der Waals surface area contributed by atoms with E-state index in [2.05, 4.69) is 37.2 Å². The van der Waals surface area contributed by atoms with Crippen LogP contribution in [-0.2, 0) is 11.3 Å². The molecular weight excluding hydrogens is 406 g/mol. The molecule has 1 aliphatic carbocycles. The first-order valence-corrected chi connectivity index (χ1v) is 12.1. The number of pyridine rings is 1. The van der Waals surface area contributed by atoms with Crippen molar-refractivity contribution in [2.75, 3.05) is 5.75 Å². The topological polar surface area (TPSA) is 72.7 Å². The highest BCUT2D eigenvalue weighted by molar-refractivity contribution is 7.99. The van der Waals surface area contributed by atoms with Gasteiger partial charge in [-0.05, 0) is 30.5 Å². The summed E-state index contributed by atoms with van der Waals surface area (Å²) in [6.07, 6.45) is 12.0. The van der Waals surface area contributed by atoms with Crippen LogP contribution in [0.15, 0.2) is 60.0 Å². The van der Waals surface area contributed by atoms with Gasteiger partial charge in [-0.15, -0.1) is 10.2 Å². The van der Waals surface area contributed by atoms with Crippen LogP contribution in [0, 0.1) is 0 Å². The van der Waals surface area contributed by atoms with Crippen LogP contribution in [0.4, 0.5) is 0 Å². The second-order valence-electron chi connectivity index (χ2n) is 8.01. The number of thioether (sulfide) groups is 1. The molecule has 3 aromatic rings. The van der Waals surface area contributed by atoms with Crippen LogP contribution in [0.2, 0.25) is 0 Å². The van der Waals surface area contributed by atoms with Gasteiger partial charge in [0.2, 0.25) is 5.91 Å². The third kappa shape index (κ3) is 6.17. The van der Waals surface area contributed by atoms with Crippen molar-refractivity contribution in [3.8, 4) is 11.4 Å². The Bertz CT molecular complexity index is 953. The summed E-state index contributed by atoms with van der Waals surface area (Å²) in [4.78, 5) is 16.7. The van der Waals surface area contributed by atoms with Gasteiger partial charge in [0.1, 0.15) is 0 Å². The fourth-order valence-electron chi connectivity index (χ4n) is 4.02. The molecule has 1 amide bonds. The lowest BCUT2D eigenvalue weighted by Gasteiger charge is -2.20. The van der Waals surface area contributed by atoms with Crippen LogP contribution in [0.3, 0.4) is 0 Å². The van der Waals surface area contributed by atoms with Gasteiger partial charge in [0, 0.05) is 24.0 Å². The van der Waals surface area contributed by atoms with Gasteiger partial charge in [0.25, 0.3) is 0 Å². The van der Waals surface area contributed by atoms with E-state index in [-0.39, 0.29) is 5.91 Å². The summed E-state index contributed by atoms with van der Waals surface area (Å²) >= 11 is 1.45. The van der Waals surface area contributed by atoms with Gasteiger partial charge in [-0.3, -0.25) is 14.3 Å². The first kappa shape index (κ1) is 21.6. The maximum Gasteiger partial charge on any atom is 0.230 e. The lowest BCUT2D eigenvalue weighted by molar-refractivity contribution is -0.119. The summed E-state index contributed by atoms with van der Waals surface area (Å²) in [5, 5.41) is 12.8. The minimum absolute atomic E-state index is 0.0790. The molecule has 0 atom stereocenters. The van der Waals surface area contributed by atoms with Crippen LogP contribution in [0.25, 0.3) is 11.4 Å². The van der Waals surface area contributed by atoms with E-state index >= 15 is 0 Å². The standard InChI is InChI=1S/C24H29N5OS/c30-22(26-21-11-7-2-1-3-8-12-21)18-31-24-28-27-23(20-13-15-25-16-14-20)29(24)17-19-9-5-4-6-10-19/h4-6,9-10,13-16,21H,1-3,7-8,11-12,17-18H2,(H,26,30). The summed E-state index contributed by atoms with van der Waals surface area (Å²) in [7, 11) is 0. The smallest absolute Gasteiger partial charge is 0.230 e. The second-order valence-corrected chi connectivity index (χ2v) is 8.95. The maximum atomic E-state index is 12.6. The van der Waals surface area contributed by atoms with E-state index in [1.54, 1.807) is 12.4 Å². The Hall–Kier alpha value is -2.67. The molecule has 0 unspecified atom stereocenters. The quantitative estimate of drug-likeness (QED) is 0.544. The minimum Gasteiger partial charge on any atom is -0.353 e. The van der Waals surface area contributed by atoms with Gasteiger partial charge >= 0.3 is 0 Å². The first-order chi connectivity index (χ1) is 15.3. The molecule has 1 aromatic carbocycles. The molecule has 162 valence electrons. The van der Waals surface area contributed by atoms with E-state index in [4.69, 9.17) is 0 Å². The van der Waals surface area contributed by atoms with E-state index in [0.29, 0.717) is 18.3 Å². The molecular formula is C24H29N5OS. The molecule has 0 spiro atoms. The van der Waals surface area contributed by atoms with E-state index in [1.165, 1.54) is 49.4 Å². The third-order valence-corrected chi connectivity index (χ3v) is 6.61. The normalized spacial score (nSPS) is 15.2. The Labute approximate surface area is 187 Å². The third-order valence-electron chi connectivity index (χ3n) is 5.64. The lowest BCUT2D eigenvalue weighted by Crippen LogP contribution is -2.36. The summed E-state index contributed by atoms with van der Waals surface area (Å²) in [5.74, 6) is 1.21. The van der Waals surface area contributed by atoms with Gasteiger partial charge in [-0.2, -0.15) is 0 Å². The van der Waals surface area contributed by atoms with Gasteiger partial charge in [-0.1, -0.05) is 74.2 Å². The van der Waals surface area contributed by atoms with Crippen molar-refractivity contribution in [1.82, 2.24) is 25.1 Å². The zero-order valence-corrected chi connectivity index (χ0v) is 18.6. The summed E-state index contributed by atoms with van der Waals surface area (Å²) in [5.41, 5.74) is 2.13. The summed E-state index contributed by atoms with van der Waals surface area (Å²) in [6.45, 7) is 0.651. The molecule has 2 heterocycles. The van der Waals surface area contributed by atoms with Crippen molar-refractivity contribution in [2.45, 2.75) is 62.7 Å². The van der Waals surface area contributed by atoms with Gasteiger partial charge in [0.05, 0.1) is 12.3 Å². The van der Waals surface area contributed by atoms with Gasteiger partial charge in [0.15, 0.2) is 11.0 Å². The number of hydrogen-bond donors (Lipinski definition) is 1. The second kappa shape index (κ2) is 11.1. The number of nitrogens with one attached hydrogen (secondary N) is 1. The summed E-state index contributed by atoms with van der Waals surface area (Å²) in [6, 6.07) is 14.4. The Morgan fingerprint density at radius 3 is 2.42 bits per heavy atom. The maximum absolute atomic E-state index is 12.6. The number of hydrogen-bond acceptors (Lipinski definition) is 5. The molecule has 0 radical (unpaired) electrons. The highest BCUT2D eigenvalue weighted by atomic mass is 32.2. The van der Waals surface area contributed by atoms with E-state index in [1.807, 2.05) is 30.3 Å². The Kier molecular flexibility index (Phi) is 7.71. The van der Waals surface area contributed by atoms with Crippen molar-refractivity contribution >= 4 is 17.7 Å².